The maximum atomic E-state index is 15.4. The Kier molecular flexibility index (Phi) is 5.71. The number of nitrogens with zero attached hydrogens (tertiary/aromatic N) is 5. The average molecular weight is 539 g/mol. The summed E-state index contributed by atoms with van der Waals surface area (Å²) in [5, 5.41) is 19.0. The van der Waals surface area contributed by atoms with Crippen molar-refractivity contribution in [3.63, 3.8) is 0 Å². The van der Waals surface area contributed by atoms with Crippen LogP contribution in [-0.2, 0) is 9.59 Å². The van der Waals surface area contributed by atoms with Crippen LogP contribution in [0.3, 0.4) is 0 Å². The van der Waals surface area contributed by atoms with E-state index in [1.165, 1.54) is 40.6 Å². The van der Waals surface area contributed by atoms with Crippen LogP contribution in [-0.4, -0.2) is 48.7 Å². The molecule has 3 atom stereocenters. The zero-order chi connectivity index (χ0) is 26.6. The average Bonchev–Trinajstić information content (AvgIpc) is 3.20. The Morgan fingerprint density at radius 3 is 2.68 bits per heavy atom. The summed E-state index contributed by atoms with van der Waals surface area (Å²) in [4.78, 5) is 31.7. The zero-order valence-electron chi connectivity index (χ0n) is 18.1. The molecule has 1 aliphatic carbocycles. The van der Waals surface area contributed by atoms with Gasteiger partial charge in [0.2, 0.25) is 5.91 Å². The number of benzene rings is 1. The van der Waals surface area contributed by atoms with Crippen molar-refractivity contribution >= 4 is 45.8 Å². The summed E-state index contributed by atoms with van der Waals surface area (Å²) in [5.41, 5.74) is -0.464. The summed E-state index contributed by atoms with van der Waals surface area (Å²) < 4.78 is 68.2. The van der Waals surface area contributed by atoms with Gasteiger partial charge in [-0.2, -0.15) is 23.5 Å². The summed E-state index contributed by atoms with van der Waals surface area (Å²) in [6, 6.07) is -0.623. The number of imidazole rings is 1. The van der Waals surface area contributed by atoms with Crippen LogP contribution in [0.2, 0.25) is 5.02 Å². The molecule has 0 radical (unpaired) electrons. The van der Waals surface area contributed by atoms with E-state index in [1.54, 1.807) is 0 Å². The first-order chi connectivity index (χ1) is 17.5. The second-order valence-corrected chi connectivity index (χ2v) is 8.50. The molecule has 1 aliphatic rings. The number of alkyl halides is 4. The number of anilines is 1. The molecule has 0 aliphatic heterocycles. The maximum Gasteiger partial charge on any atom is 0.471 e. The van der Waals surface area contributed by atoms with E-state index in [4.69, 9.17) is 11.6 Å². The monoisotopic (exact) mass is 538 g/mol. The third-order valence-corrected chi connectivity index (χ3v) is 6.03. The summed E-state index contributed by atoms with van der Waals surface area (Å²) in [6.45, 7) is 0. The molecular weight excluding hydrogens is 527 g/mol. The highest BCUT2D eigenvalue weighted by molar-refractivity contribution is 6.35. The van der Waals surface area contributed by atoms with Gasteiger partial charge in [0.25, 0.3) is 0 Å². The number of aromatic nitrogens is 5. The SMILES string of the molecule is N#CC(NC(=O)C(F)(F)F)c1c(F)c(Cl)c(-c2cn3cc(NC(=O)C4CC4F)nc3cn2)c2cn[nH]c12. The molecule has 2 amide bonds. The number of carbonyl (C=O) groups excluding carboxylic acids is 2. The van der Waals surface area contributed by atoms with Gasteiger partial charge < -0.3 is 15.0 Å². The number of halogens is 6. The van der Waals surface area contributed by atoms with Crippen LogP contribution in [0.4, 0.5) is 27.8 Å². The zero-order valence-corrected chi connectivity index (χ0v) is 18.8. The fraction of sp³-hybridized carbons (Fsp3) is 0.238. The maximum absolute atomic E-state index is 15.4. The van der Waals surface area contributed by atoms with Gasteiger partial charge in [0, 0.05) is 17.1 Å². The quantitative estimate of drug-likeness (QED) is 0.332. The first-order valence-corrected chi connectivity index (χ1v) is 10.8. The van der Waals surface area contributed by atoms with Gasteiger partial charge in [-0.15, -0.1) is 0 Å². The highest BCUT2D eigenvalue weighted by Crippen LogP contribution is 2.40. The predicted molar refractivity (Wildman–Crippen MR) is 117 cm³/mol. The smallest absolute Gasteiger partial charge is 0.329 e. The lowest BCUT2D eigenvalue weighted by Gasteiger charge is -2.17. The Hall–Kier alpha value is -4.32. The second-order valence-electron chi connectivity index (χ2n) is 8.12. The van der Waals surface area contributed by atoms with Crippen LogP contribution in [0.25, 0.3) is 27.8 Å². The van der Waals surface area contributed by atoms with E-state index in [2.05, 4.69) is 25.5 Å². The van der Waals surface area contributed by atoms with Gasteiger partial charge in [-0.05, 0) is 6.42 Å². The minimum Gasteiger partial charge on any atom is -0.329 e. The lowest BCUT2D eigenvalue weighted by Crippen LogP contribution is -2.39. The number of carbonyl (C=O) groups is 2. The molecule has 3 N–H and O–H groups in total. The lowest BCUT2D eigenvalue weighted by molar-refractivity contribution is -0.174. The van der Waals surface area contributed by atoms with Crippen molar-refractivity contribution < 1.29 is 31.5 Å². The number of rotatable bonds is 5. The Balaban J connectivity index is 1.55. The molecule has 10 nitrogen and oxygen atoms in total. The van der Waals surface area contributed by atoms with Crippen molar-refractivity contribution in [2.75, 3.05) is 5.32 Å². The molecule has 1 aromatic carbocycles. The number of aromatic amines is 1. The molecule has 0 bridgehead atoms. The summed E-state index contributed by atoms with van der Waals surface area (Å²) in [7, 11) is 0. The molecule has 0 saturated heterocycles. The van der Waals surface area contributed by atoms with Crippen LogP contribution >= 0.6 is 11.6 Å². The minimum absolute atomic E-state index is 0.00931. The Morgan fingerprint density at radius 1 is 1.30 bits per heavy atom. The van der Waals surface area contributed by atoms with Crippen molar-refractivity contribution in [3.8, 4) is 17.3 Å². The number of fused-ring (bicyclic) bond motifs is 2. The number of hydrogen-bond acceptors (Lipinski definition) is 6. The Morgan fingerprint density at radius 2 is 2.03 bits per heavy atom. The van der Waals surface area contributed by atoms with Gasteiger partial charge in [0.05, 0.1) is 52.4 Å². The molecule has 1 fully saturated rings. The standard InChI is InChI=1S/C21H12ClF5N8O2/c22-16-14(11-5-35-6-12(32-13(35)4-29-11)33-19(36)7-1-9(7)23)8-3-30-34-18(8)15(17(16)24)10(2-28)31-20(37)21(25,26)27/h3-7,9-10H,1H2,(H,30,34)(H,31,37)(H,33,36). The van der Waals surface area contributed by atoms with E-state index in [-0.39, 0.29) is 40.0 Å². The van der Waals surface area contributed by atoms with Crippen LogP contribution in [0.15, 0.2) is 24.8 Å². The largest absolute Gasteiger partial charge is 0.471 e. The van der Waals surface area contributed by atoms with Crippen molar-refractivity contribution in [3.05, 3.63) is 41.2 Å². The highest BCUT2D eigenvalue weighted by atomic mass is 35.5. The number of nitrogens with one attached hydrogen (secondary N) is 3. The van der Waals surface area contributed by atoms with Crippen LogP contribution in [0.5, 0.6) is 0 Å². The molecule has 5 rings (SSSR count). The molecule has 37 heavy (non-hydrogen) atoms. The Bertz CT molecular complexity index is 1630. The topological polar surface area (TPSA) is 141 Å². The summed E-state index contributed by atoms with van der Waals surface area (Å²) in [6.07, 6.45) is -1.06. The van der Waals surface area contributed by atoms with Crippen LogP contribution < -0.4 is 10.6 Å². The number of nitriles is 1. The van der Waals surface area contributed by atoms with Gasteiger partial charge >= 0.3 is 12.1 Å². The van der Waals surface area contributed by atoms with Crippen LogP contribution in [0, 0.1) is 23.1 Å². The molecule has 3 unspecified atom stereocenters. The van der Waals surface area contributed by atoms with E-state index >= 15 is 4.39 Å². The van der Waals surface area contributed by atoms with E-state index in [0.717, 1.165) is 0 Å². The molecule has 190 valence electrons. The first-order valence-electron chi connectivity index (χ1n) is 10.4. The van der Waals surface area contributed by atoms with Crippen LogP contribution in [0.1, 0.15) is 18.0 Å². The second kappa shape index (κ2) is 8.66. The van der Waals surface area contributed by atoms with Gasteiger partial charge in [0.1, 0.15) is 12.2 Å². The van der Waals surface area contributed by atoms with Crippen molar-refractivity contribution in [2.45, 2.75) is 24.8 Å². The molecule has 1 saturated carbocycles. The first kappa shape index (κ1) is 24.4. The highest BCUT2D eigenvalue weighted by Gasteiger charge is 2.44. The van der Waals surface area contributed by atoms with E-state index in [0.29, 0.717) is 0 Å². The van der Waals surface area contributed by atoms with Gasteiger partial charge in [-0.1, -0.05) is 11.6 Å². The molecular formula is C21H12ClF5N8O2. The molecule has 0 spiro atoms. The Labute approximate surface area is 207 Å². The molecule has 4 aromatic rings. The van der Waals surface area contributed by atoms with E-state index in [1.807, 2.05) is 0 Å². The third kappa shape index (κ3) is 4.29. The van der Waals surface area contributed by atoms with Crippen molar-refractivity contribution in [1.29, 1.82) is 5.26 Å². The number of amides is 2. The number of hydrogen-bond donors (Lipinski definition) is 3. The molecule has 16 heteroatoms. The van der Waals surface area contributed by atoms with E-state index < -0.39 is 52.5 Å². The van der Waals surface area contributed by atoms with Gasteiger partial charge in [-0.3, -0.25) is 19.7 Å². The van der Waals surface area contributed by atoms with Gasteiger partial charge in [-0.25, -0.2) is 13.8 Å². The fourth-order valence-corrected chi connectivity index (χ4v) is 4.08. The van der Waals surface area contributed by atoms with E-state index in [9.17, 15) is 32.4 Å². The predicted octanol–water partition coefficient (Wildman–Crippen LogP) is 3.60. The lowest BCUT2D eigenvalue weighted by atomic mass is 9.98. The van der Waals surface area contributed by atoms with Crippen molar-refractivity contribution in [1.82, 2.24) is 29.9 Å². The molecule has 3 aromatic heterocycles. The number of H-pyrrole nitrogens is 1. The summed E-state index contributed by atoms with van der Waals surface area (Å²) in [5.74, 6) is -4.83. The fourth-order valence-electron chi connectivity index (χ4n) is 3.78. The molecule has 3 heterocycles. The normalized spacial score (nSPS) is 18.0. The summed E-state index contributed by atoms with van der Waals surface area (Å²) >= 11 is 6.26. The van der Waals surface area contributed by atoms with Crippen molar-refractivity contribution in [2.24, 2.45) is 5.92 Å². The minimum atomic E-state index is -5.31. The van der Waals surface area contributed by atoms with Gasteiger partial charge in [0.15, 0.2) is 17.3 Å². The third-order valence-electron chi connectivity index (χ3n) is 5.68.